The Morgan fingerprint density at radius 2 is 2.25 bits per heavy atom. The van der Waals surface area contributed by atoms with E-state index in [1.165, 1.54) is 17.7 Å². The van der Waals surface area contributed by atoms with Crippen molar-refractivity contribution < 1.29 is 9.47 Å². The maximum absolute atomic E-state index is 6.15. The van der Waals surface area contributed by atoms with E-state index in [2.05, 4.69) is 12.1 Å². The molecule has 0 radical (unpaired) electrons. The SMILES string of the molecule is COc1c(CCCCN)cccc1OC1CCCSC1. The Hall–Kier alpha value is -0.870. The number of benzene rings is 1. The average molecular weight is 295 g/mol. The number of rotatable bonds is 7. The zero-order valence-electron chi connectivity index (χ0n) is 12.3. The molecule has 1 atom stereocenters. The molecule has 1 aromatic carbocycles. The number of hydrogen-bond donors (Lipinski definition) is 1. The monoisotopic (exact) mass is 295 g/mol. The molecule has 1 aliphatic rings. The van der Waals surface area contributed by atoms with E-state index < -0.39 is 0 Å². The molecule has 20 heavy (non-hydrogen) atoms. The van der Waals surface area contributed by atoms with Gasteiger partial charge in [-0.1, -0.05) is 12.1 Å². The molecule has 1 aromatic rings. The van der Waals surface area contributed by atoms with Crippen LogP contribution in [0.25, 0.3) is 0 Å². The van der Waals surface area contributed by atoms with Gasteiger partial charge in [0.15, 0.2) is 11.5 Å². The molecule has 1 unspecified atom stereocenters. The number of hydrogen-bond acceptors (Lipinski definition) is 4. The number of nitrogens with two attached hydrogens (primary N) is 1. The van der Waals surface area contributed by atoms with Crippen molar-refractivity contribution in [2.45, 2.75) is 38.2 Å². The summed E-state index contributed by atoms with van der Waals surface area (Å²) < 4.78 is 11.7. The summed E-state index contributed by atoms with van der Waals surface area (Å²) in [5.74, 6) is 4.14. The lowest BCUT2D eigenvalue weighted by molar-refractivity contribution is 0.202. The molecule has 0 aromatic heterocycles. The standard InChI is InChI=1S/C16H25NO2S/c1-18-16-13(6-2-3-10-17)7-4-9-15(16)19-14-8-5-11-20-12-14/h4,7,9,14H,2-3,5-6,8,10-12,17H2,1H3. The number of unbranched alkanes of at least 4 members (excludes halogenated alkanes) is 1. The highest BCUT2D eigenvalue weighted by Crippen LogP contribution is 2.34. The molecule has 3 nitrogen and oxygen atoms in total. The van der Waals surface area contributed by atoms with Crippen molar-refractivity contribution in [3.8, 4) is 11.5 Å². The molecule has 1 saturated heterocycles. The lowest BCUT2D eigenvalue weighted by Crippen LogP contribution is -2.23. The summed E-state index contributed by atoms with van der Waals surface area (Å²) in [5, 5.41) is 0. The fourth-order valence-electron chi connectivity index (χ4n) is 2.53. The summed E-state index contributed by atoms with van der Waals surface area (Å²) in [6.07, 6.45) is 5.85. The Balaban J connectivity index is 2.04. The number of methoxy groups -OCH3 is 1. The first-order valence-corrected chi connectivity index (χ1v) is 8.61. The Kier molecular flexibility index (Phi) is 6.54. The molecule has 1 aliphatic heterocycles. The number of aryl methyl sites for hydroxylation is 1. The molecular formula is C16H25NO2S. The van der Waals surface area contributed by atoms with Gasteiger partial charge < -0.3 is 15.2 Å². The third-order valence-corrected chi connectivity index (χ3v) is 4.76. The molecular weight excluding hydrogens is 270 g/mol. The van der Waals surface area contributed by atoms with Gasteiger partial charge in [-0.25, -0.2) is 0 Å². The number of ether oxygens (including phenoxy) is 2. The normalized spacial score (nSPS) is 18.8. The second-order valence-electron chi connectivity index (χ2n) is 5.15. The van der Waals surface area contributed by atoms with Crippen LogP contribution in [0.3, 0.4) is 0 Å². The van der Waals surface area contributed by atoms with Crippen LogP contribution < -0.4 is 15.2 Å². The molecule has 0 amide bonds. The van der Waals surface area contributed by atoms with Crippen LogP contribution in [0.5, 0.6) is 11.5 Å². The molecule has 0 spiro atoms. The van der Waals surface area contributed by atoms with Crippen molar-refractivity contribution in [1.29, 1.82) is 0 Å². The van der Waals surface area contributed by atoms with E-state index >= 15 is 0 Å². The third kappa shape index (κ3) is 4.32. The van der Waals surface area contributed by atoms with Crippen molar-refractivity contribution in [2.75, 3.05) is 25.2 Å². The van der Waals surface area contributed by atoms with Crippen LogP contribution in [0.1, 0.15) is 31.2 Å². The van der Waals surface area contributed by atoms with Crippen LogP contribution in [0, 0.1) is 0 Å². The number of para-hydroxylation sites is 1. The summed E-state index contributed by atoms with van der Waals surface area (Å²) in [6.45, 7) is 0.748. The zero-order valence-corrected chi connectivity index (χ0v) is 13.1. The Labute approximate surface area is 126 Å². The highest BCUT2D eigenvalue weighted by atomic mass is 32.2. The lowest BCUT2D eigenvalue weighted by Gasteiger charge is -2.24. The van der Waals surface area contributed by atoms with Crippen LogP contribution in [0.2, 0.25) is 0 Å². The van der Waals surface area contributed by atoms with E-state index in [-0.39, 0.29) is 0 Å². The topological polar surface area (TPSA) is 44.5 Å². The fourth-order valence-corrected chi connectivity index (χ4v) is 3.56. The molecule has 1 heterocycles. The first kappa shape index (κ1) is 15.5. The minimum absolute atomic E-state index is 0.321. The van der Waals surface area contributed by atoms with E-state index in [0.29, 0.717) is 6.10 Å². The van der Waals surface area contributed by atoms with Crippen molar-refractivity contribution in [1.82, 2.24) is 0 Å². The van der Waals surface area contributed by atoms with Crippen LogP contribution in [0.15, 0.2) is 18.2 Å². The molecule has 0 saturated carbocycles. The van der Waals surface area contributed by atoms with Gasteiger partial charge >= 0.3 is 0 Å². The van der Waals surface area contributed by atoms with Crippen molar-refractivity contribution in [3.63, 3.8) is 0 Å². The molecule has 0 bridgehead atoms. The Morgan fingerprint density at radius 1 is 1.35 bits per heavy atom. The summed E-state index contributed by atoms with van der Waals surface area (Å²) in [5.41, 5.74) is 6.78. The van der Waals surface area contributed by atoms with Crippen molar-refractivity contribution in [3.05, 3.63) is 23.8 Å². The van der Waals surface area contributed by atoms with Gasteiger partial charge in [0.1, 0.15) is 6.10 Å². The lowest BCUT2D eigenvalue weighted by atomic mass is 10.1. The minimum atomic E-state index is 0.321. The molecule has 2 rings (SSSR count). The Morgan fingerprint density at radius 3 is 2.95 bits per heavy atom. The molecule has 4 heteroatoms. The van der Waals surface area contributed by atoms with E-state index in [9.17, 15) is 0 Å². The number of thioether (sulfide) groups is 1. The summed E-state index contributed by atoms with van der Waals surface area (Å²) in [6, 6.07) is 6.20. The van der Waals surface area contributed by atoms with E-state index in [1.807, 2.05) is 17.8 Å². The van der Waals surface area contributed by atoms with E-state index in [4.69, 9.17) is 15.2 Å². The van der Waals surface area contributed by atoms with Gasteiger partial charge in [0.25, 0.3) is 0 Å². The quantitative estimate of drug-likeness (QED) is 0.784. The van der Waals surface area contributed by atoms with Crippen LogP contribution in [0.4, 0.5) is 0 Å². The van der Waals surface area contributed by atoms with E-state index in [0.717, 1.165) is 49.5 Å². The highest BCUT2D eigenvalue weighted by molar-refractivity contribution is 7.99. The fraction of sp³-hybridized carbons (Fsp3) is 0.625. The van der Waals surface area contributed by atoms with E-state index in [1.54, 1.807) is 7.11 Å². The smallest absolute Gasteiger partial charge is 0.163 e. The van der Waals surface area contributed by atoms with Gasteiger partial charge in [-0.15, -0.1) is 0 Å². The van der Waals surface area contributed by atoms with Gasteiger partial charge in [0.05, 0.1) is 7.11 Å². The van der Waals surface area contributed by atoms with Gasteiger partial charge in [-0.3, -0.25) is 0 Å². The van der Waals surface area contributed by atoms with Crippen LogP contribution in [-0.4, -0.2) is 31.3 Å². The first-order valence-electron chi connectivity index (χ1n) is 7.45. The van der Waals surface area contributed by atoms with Crippen LogP contribution in [-0.2, 0) is 6.42 Å². The van der Waals surface area contributed by atoms with Crippen molar-refractivity contribution >= 4 is 11.8 Å². The summed E-state index contributed by atoms with van der Waals surface area (Å²) in [7, 11) is 1.73. The molecule has 1 fully saturated rings. The second kappa shape index (κ2) is 8.42. The summed E-state index contributed by atoms with van der Waals surface area (Å²) >= 11 is 1.98. The maximum atomic E-state index is 6.15. The summed E-state index contributed by atoms with van der Waals surface area (Å²) in [4.78, 5) is 0. The van der Waals surface area contributed by atoms with Gasteiger partial charge in [0.2, 0.25) is 0 Å². The minimum Gasteiger partial charge on any atom is -0.493 e. The first-order chi connectivity index (χ1) is 9.85. The predicted molar refractivity (Wildman–Crippen MR) is 86.0 cm³/mol. The van der Waals surface area contributed by atoms with Crippen molar-refractivity contribution in [2.24, 2.45) is 5.73 Å². The second-order valence-corrected chi connectivity index (χ2v) is 6.30. The van der Waals surface area contributed by atoms with Gasteiger partial charge in [-0.05, 0) is 56.0 Å². The Bertz CT molecular complexity index is 405. The third-order valence-electron chi connectivity index (χ3n) is 3.58. The van der Waals surface area contributed by atoms with Gasteiger partial charge in [-0.2, -0.15) is 11.8 Å². The predicted octanol–water partition coefficient (Wildman–Crippen LogP) is 3.25. The molecule has 0 aliphatic carbocycles. The van der Waals surface area contributed by atoms with Crippen LogP contribution >= 0.6 is 11.8 Å². The average Bonchev–Trinajstić information content (AvgIpc) is 2.49. The largest absolute Gasteiger partial charge is 0.493 e. The zero-order chi connectivity index (χ0) is 14.2. The highest BCUT2D eigenvalue weighted by Gasteiger charge is 2.18. The molecule has 2 N–H and O–H groups in total. The molecule has 112 valence electrons. The van der Waals surface area contributed by atoms with Gasteiger partial charge in [0, 0.05) is 5.75 Å². The maximum Gasteiger partial charge on any atom is 0.163 e.